The van der Waals surface area contributed by atoms with Gasteiger partial charge in [0.1, 0.15) is 45.1 Å². The van der Waals surface area contributed by atoms with E-state index in [4.69, 9.17) is 0 Å². The summed E-state index contributed by atoms with van der Waals surface area (Å²) in [6.07, 6.45) is 11.6. The van der Waals surface area contributed by atoms with Crippen LogP contribution in [0.1, 0.15) is 42.0 Å². The average Bonchev–Trinajstić information content (AvgIpc) is 4.01. The number of aryl methyl sites for hydroxylation is 3. The van der Waals surface area contributed by atoms with Crippen molar-refractivity contribution in [3.8, 4) is 35.5 Å². The number of rotatable bonds is 6. The highest BCUT2D eigenvalue weighted by atomic mass is 19.1. The Kier molecular flexibility index (Phi) is 13.2. The van der Waals surface area contributed by atoms with Gasteiger partial charge in [0.05, 0.1) is 30.5 Å². The fraction of sp³-hybridized carbons (Fsp3) is 0.130. The van der Waals surface area contributed by atoms with Crippen molar-refractivity contribution < 1.29 is 4.39 Å². The predicted molar refractivity (Wildman–Crippen MR) is 221 cm³/mol. The second-order valence-corrected chi connectivity index (χ2v) is 12.5. The van der Waals surface area contributed by atoms with E-state index in [1.807, 2.05) is 125 Å². The van der Waals surface area contributed by atoms with E-state index in [0.717, 1.165) is 64.2 Å². The smallest absolute Gasteiger partial charge is 0.141 e. The summed E-state index contributed by atoms with van der Waals surface area (Å²) in [5, 5.41) is 17.0. The highest BCUT2D eigenvalue weighted by molar-refractivity contribution is 5.74. The van der Waals surface area contributed by atoms with Crippen LogP contribution in [-0.2, 0) is 19.5 Å². The summed E-state index contributed by atoms with van der Waals surface area (Å²) in [6, 6.07) is 36.0. The maximum Gasteiger partial charge on any atom is 0.141 e. The highest BCUT2D eigenvalue weighted by Crippen LogP contribution is 2.10. The van der Waals surface area contributed by atoms with Gasteiger partial charge in [-0.05, 0) is 90.6 Å². The number of fused-ring (bicyclic) bond motifs is 3. The zero-order valence-electron chi connectivity index (χ0n) is 31.4. The van der Waals surface area contributed by atoms with Crippen molar-refractivity contribution >= 4 is 27.7 Å². The lowest BCUT2D eigenvalue weighted by atomic mass is 10.2. The van der Waals surface area contributed by atoms with Crippen LogP contribution in [0, 0.1) is 41.3 Å². The van der Waals surface area contributed by atoms with Crippen molar-refractivity contribution in [2.45, 2.75) is 38.8 Å². The van der Waals surface area contributed by atoms with Crippen LogP contribution in [0.15, 0.2) is 146 Å². The number of pyridine rings is 4. The van der Waals surface area contributed by atoms with Crippen molar-refractivity contribution in [1.82, 2.24) is 54.3 Å². The standard InChI is InChI=1S/C16H12FN3.2C15H12N4/c17-13-8-9-14(18-11-13)5-1-2-6-15-12-20-10-4-3-7-16(20)19-15;1-2-10-15-14(9-1)17-18-19(15)12-6-4-8-13-7-3-5-11-16-13;1-2-10-15-14(9-1)17-19(18-15)12-6-4-8-13-7-3-5-11-16-13/h3-4,7-12H,2,6H2;2*1-3,5,7,9-11H,6,12H2. The molecule has 0 aliphatic rings. The lowest BCUT2D eigenvalue weighted by Crippen LogP contribution is -2.01. The van der Waals surface area contributed by atoms with Crippen LogP contribution in [0.3, 0.4) is 0 Å². The van der Waals surface area contributed by atoms with Crippen LogP contribution in [0.5, 0.6) is 0 Å². The summed E-state index contributed by atoms with van der Waals surface area (Å²) in [5.41, 5.74) is 7.92. The number of para-hydroxylation sites is 1. The molecule has 0 saturated heterocycles. The summed E-state index contributed by atoms with van der Waals surface area (Å²) >= 11 is 0. The van der Waals surface area contributed by atoms with Crippen LogP contribution < -0.4 is 0 Å². The molecule has 0 aliphatic carbocycles. The maximum atomic E-state index is 12.7. The molecule has 58 heavy (non-hydrogen) atoms. The van der Waals surface area contributed by atoms with Gasteiger partial charge < -0.3 is 4.40 Å². The van der Waals surface area contributed by atoms with Crippen LogP contribution in [0.4, 0.5) is 4.39 Å². The van der Waals surface area contributed by atoms with Crippen molar-refractivity contribution in [3.05, 3.63) is 175 Å². The predicted octanol–water partition coefficient (Wildman–Crippen LogP) is 7.39. The Morgan fingerprint density at radius 1 is 0.569 bits per heavy atom. The van der Waals surface area contributed by atoms with Crippen molar-refractivity contribution in [3.63, 3.8) is 0 Å². The number of hydrogen-bond acceptors (Lipinski definition) is 8. The van der Waals surface area contributed by atoms with E-state index < -0.39 is 0 Å². The van der Waals surface area contributed by atoms with Gasteiger partial charge in [0.2, 0.25) is 0 Å². The molecule has 9 rings (SSSR count). The molecule has 11 nitrogen and oxygen atoms in total. The second-order valence-electron chi connectivity index (χ2n) is 12.5. The molecule has 7 heterocycles. The molecule has 2 aromatic carbocycles. The lowest BCUT2D eigenvalue weighted by Gasteiger charge is -1.97. The molecule has 0 saturated carbocycles. The topological polar surface area (TPSA) is 117 Å². The number of aromatic nitrogens is 11. The van der Waals surface area contributed by atoms with Gasteiger partial charge in [0.15, 0.2) is 0 Å². The first-order valence-corrected chi connectivity index (χ1v) is 18.6. The fourth-order valence-electron chi connectivity index (χ4n) is 5.49. The van der Waals surface area contributed by atoms with E-state index in [-0.39, 0.29) is 5.82 Å². The molecule has 0 spiro atoms. The Morgan fingerprint density at radius 2 is 1.19 bits per heavy atom. The van der Waals surface area contributed by atoms with Gasteiger partial charge in [-0.3, -0.25) is 0 Å². The van der Waals surface area contributed by atoms with Crippen molar-refractivity contribution in [2.75, 3.05) is 0 Å². The van der Waals surface area contributed by atoms with Gasteiger partial charge >= 0.3 is 0 Å². The zero-order valence-corrected chi connectivity index (χ0v) is 31.4. The Labute approximate surface area is 334 Å². The van der Waals surface area contributed by atoms with Gasteiger partial charge in [-0.1, -0.05) is 65.4 Å². The normalized spacial score (nSPS) is 10.2. The molecule has 9 aromatic rings. The maximum absolute atomic E-state index is 12.7. The van der Waals surface area contributed by atoms with Crippen LogP contribution in [-0.4, -0.2) is 54.3 Å². The van der Waals surface area contributed by atoms with Crippen LogP contribution in [0.2, 0.25) is 0 Å². The average molecular weight is 762 g/mol. The SMILES string of the molecule is C(#Cc1ccccn1)CCn1nc2ccccc2n1.C(#Cc1ccccn1)CCn1nnc2ccccc21.Fc1ccc(C#CCCc2cn3ccccc3n2)nc1. The molecule has 0 amide bonds. The Hall–Kier alpha value is -8.01. The summed E-state index contributed by atoms with van der Waals surface area (Å²) in [4.78, 5) is 18.4. The molecule has 0 radical (unpaired) electrons. The first-order valence-electron chi connectivity index (χ1n) is 18.6. The molecule has 0 bridgehead atoms. The minimum atomic E-state index is -0.347. The van der Waals surface area contributed by atoms with E-state index in [1.165, 1.54) is 12.3 Å². The fourth-order valence-corrected chi connectivity index (χ4v) is 5.49. The molecule has 0 atom stereocenters. The summed E-state index contributed by atoms with van der Waals surface area (Å²) in [5.74, 6) is 17.8. The Balaban J connectivity index is 0.000000132. The summed E-state index contributed by atoms with van der Waals surface area (Å²) in [7, 11) is 0. The van der Waals surface area contributed by atoms with Crippen LogP contribution in [0.25, 0.3) is 27.7 Å². The molecule has 7 aromatic heterocycles. The van der Waals surface area contributed by atoms with Gasteiger partial charge in [0.25, 0.3) is 0 Å². The number of halogens is 1. The van der Waals surface area contributed by atoms with Crippen molar-refractivity contribution in [2.24, 2.45) is 0 Å². The Bertz CT molecular complexity index is 2810. The molecule has 0 unspecified atom stereocenters. The van der Waals surface area contributed by atoms with Crippen LogP contribution >= 0.6 is 0 Å². The van der Waals surface area contributed by atoms with Gasteiger partial charge in [0, 0.05) is 50.5 Å². The van der Waals surface area contributed by atoms with E-state index in [0.29, 0.717) is 25.1 Å². The molecule has 0 fully saturated rings. The van der Waals surface area contributed by atoms with E-state index in [2.05, 4.69) is 76.0 Å². The molecule has 282 valence electrons. The van der Waals surface area contributed by atoms with Gasteiger partial charge in [-0.2, -0.15) is 15.0 Å². The molecule has 0 aliphatic heterocycles. The first-order chi connectivity index (χ1) is 28.7. The summed E-state index contributed by atoms with van der Waals surface area (Å²) < 4.78 is 16.5. The van der Waals surface area contributed by atoms with Gasteiger partial charge in [-0.15, -0.1) is 5.10 Å². The molecular weight excluding hydrogens is 726 g/mol. The zero-order chi connectivity index (χ0) is 39.6. The molecule has 12 heteroatoms. The minimum absolute atomic E-state index is 0.347. The molecular formula is C46H36FN11. The highest BCUT2D eigenvalue weighted by Gasteiger charge is 2.02. The summed E-state index contributed by atoms with van der Waals surface area (Å²) in [6.45, 7) is 1.43. The first kappa shape index (κ1) is 38.3. The largest absolute Gasteiger partial charge is 0.307 e. The Morgan fingerprint density at radius 3 is 1.84 bits per heavy atom. The lowest BCUT2D eigenvalue weighted by molar-refractivity contribution is 0.555. The van der Waals surface area contributed by atoms with E-state index in [9.17, 15) is 4.39 Å². The number of nitrogens with zero attached hydrogens (tertiary/aromatic N) is 11. The second kappa shape index (κ2) is 20.1. The third-order valence-corrected chi connectivity index (χ3v) is 8.26. The van der Waals surface area contributed by atoms with Gasteiger partial charge in [-0.25, -0.2) is 29.0 Å². The third kappa shape index (κ3) is 11.3. The van der Waals surface area contributed by atoms with Crippen molar-refractivity contribution in [1.29, 1.82) is 0 Å². The molecule has 0 N–H and O–H groups in total. The number of imidazole rings is 1. The monoisotopic (exact) mass is 761 g/mol. The minimum Gasteiger partial charge on any atom is -0.307 e. The van der Waals surface area contributed by atoms with E-state index >= 15 is 0 Å². The quantitative estimate of drug-likeness (QED) is 0.161. The number of benzene rings is 2. The number of hydrogen-bond donors (Lipinski definition) is 0. The third-order valence-electron chi connectivity index (χ3n) is 8.26. The van der Waals surface area contributed by atoms with E-state index in [1.54, 1.807) is 23.3 Å².